The second kappa shape index (κ2) is 6.25. The van der Waals surface area contributed by atoms with Gasteiger partial charge in [0.05, 0.1) is 25.6 Å². The molecule has 0 saturated heterocycles. The molecule has 4 nitrogen and oxygen atoms in total. The van der Waals surface area contributed by atoms with Crippen LogP contribution in [0.1, 0.15) is 5.56 Å². The number of anilines is 2. The number of nitrogen functional groups attached to an aromatic ring is 1. The molecule has 104 valence electrons. The van der Waals surface area contributed by atoms with Crippen LogP contribution in [0, 0.1) is 0 Å². The van der Waals surface area contributed by atoms with Crippen molar-refractivity contribution in [2.45, 2.75) is 0 Å². The molecule has 0 aliphatic carbocycles. The summed E-state index contributed by atoms with van der Waals surface area (Å²) in [4.78, 5) is 0.607. The molecule has 0 saturated carbocycles. The van der Waals surface area contributed by atoms with Crippen molar-refractivity contribution in [1.82, 2.24) is 0 Å². The number of methoxy groups -OCH3 is 2. The van der Waals surface area contributed by atoms with Gasteiger partial charge in [-0.3, -0.25) is 0 Å². The first-order chi connectivity index (χ1) is 9.65. The van der Waals surface area contributed by atoms with E-state index in [0.29, 0.717) is 27.9 Å². The molecule has 0 unspecified atom stereocenters. The number of nitrogens with one attached hydrogen (secondary N) is 1. The van der Waals surface area contributed by atoms with Crippen LogP contribution in [0.2, 0.25) is 0 Å². The molecule has 5 heteroatoms. The van der Waals surface area contributed by atoms with Crippen molar-refractivity contribution in [3.63, 3.8) is 0 Å². The van der Waals surface area contributed by atoms with Gasteiger partial charge in [0.2, 0.25) is 0 Å². The Hall–Kier alpha value is -2.27. The standard InChI is InChI=1S/C15H16N2O2S/c1-18-13-9-12(14(19-2)8-11(13)16)17-15(20)10-6-4-3-5-7-10/h3-9H,16H2,1-2H3,(H,17,20). The van der Waals surface area contributed by atoms with E-state index in [1.807, 2.05) is 30.3 Å². The van der Waals surface area contributed by atoms with E-state index in [0.717, 1.165) is 5.56 Å². The molecule has 0 aromatic heterocycles. The molecule has 2 rings (SSSR count). The molecule has 20 heavy (non-hydrogen) atoms. The zero-order valence-electron chi connectivity index (χ0n) is 11.3. The van der Waals surface area contributed by atoms with Crippen LogP contribution in [0.4, 0.5) is 11.4 Å². The average Bonchev–Trinajstić information content (AvgIpc) is 2.49. The summed E-state index contributed by atoms with van der Waals surface area (Å²) in [6.45, 7) is 0. The molecule has 0 heterocycles. The van der Waals surface area contributed by atoms with Crippen molar-refractivity contribution in [3.05, 3.63) is 48.0 Å². The van der Waals surface area contributed by atoms with Crippen LogP contribution in [0.5, 0.6) is 11.5 Å². The van der Waals surface area contributed by atoms with Crippen molar-refractivity contribution >= 4 is 28.6 Å². The van der Waals surface area contributed by atoms with Crippen LogP contribution < -0.4 is 20.5 Å². The lowest BCUT2D eigenvalue weighted by molar-refractivity contribution is 0.407. The predicted octanol–water partition coefficient (Wildman–Crippen LogP) is 3.07. The number of hydrogen-bond acceptors (Lipinski definition) is 4. The maximum absolute atomic E-state index is 5.85. The maximum Gasteiger partial charge on any atom is 0.144 e. The lowest BCUT2D eigenvalue weighted by Gasteiger charge is -2.15. The van der Waals surface area contributed by atoms with Crippen molar-refractivity contribution in [3.8, 4) is 11.5 Å². The highest BCUT2D eigenvalue weighted by atomic mass is 32.1. The van der Waals surface area contributed by atoms with Gasteiger partial charge in [0.1, 0.15) is 16.5 Å². The molecular formula is C15H16N2O2S. The number of benzene rings is 2. The minimum absolute atomic E-state index is 0.514. The molecule has 0 fully saturated rings. The summed E-state index contributed by atoms with van der Waals surface area (Å²) in [5, 5.41) is 3.15. The highest BCUT2D eigenvalue weighted by Gasteiger charge is 2.11. The quantitative estimate of drug-likeness (QED) is 0.669. The zero-order chi connectivity index (χ0) is 14.5. The Morgan fingerprint density at radius 2 is 1.70 bits per heavy atom. The third-order valence-corrected chi connectivity index (χ3v) is 3.17. The van der Waals surface area contributed by atoms with E-state index >= 15 is 0 Å². The van der Waals surface area contributed by atoms with E-state index in [1.54, 1.807) is 26.4 Å². The Balaban J connectivity index is 2.31. The SMILES string of the molecule is COc1cc(NC(=S)c2ccccc2)c(OC)cc1N. The number of hydrogen-bond donors (Lipinski definition) is 2. The van der Waals surface area contributed by atoms with E-state index in [2.05, 4.69) is 5.32 Å². The summed E-state index contributed by atoms with van der Waals surface area (Å²) in [6, 6.07) is 13.2. The third kappa shape index (κ3) is 3.00. The Bertz CT molecular complexity index is 615. The molecule has 0 spiro atoms. The van der Waals surface area contributed by atoms with E-state index in [1.165, 1.54) is 0 Å². The summed E-state index contributed by atoms with van der Waals surface area (Å²) in [6.07, 6.45) is 0. The normalized spacial score (nSPS) is 9.90. The smallest absolute Gasteiger partial charge is 0.144 e. The van der Waals surface area contributed by atoms with Crippen LogP contribution >= 0.6 is 12.2 Å². The van der Waals surface area contributed by atoms with Crippen LogP contribution in [0.25, 0.3) is 0 Å². The fourth-order valence-corrected chi connectivity index (χ4v) is 2.05. The minimum atomic E-state index is 0.514. The molecule has 0 atom stereocenters. The van der Waals surface area contributed by atoms with Crippen LogP contribution in [0.15, 0.2) is 42.5 Å². The molecule has 0 amide bonds. The summed E-state index contributed by atoms with van der Waals surface area (Å²) in [5.74, 6) is 1.19. The number of ether oxygens (including phenoxy) is 2. The highest BCUT2D eigenvalue weighted by molar-refractivity contribution is 7.81. The van der Waals surface area contributed by atoms with Crippen molar-refractivity contribution < 1.29 is 9.47 Å². The van der Waals surface area contributed by atoms with Gasteiger partial charge < -0.3 is 20.5 Å². The van der Waals surface area contributed by atoms with Crippen molar-refractivity contribution in [2.24, 2.45) is 0 Å². The van der Waals surface area contributed by atoms with Gasteiger partial charge in [0, 0.05) is 17.7 Å². The van der Waals surface area contributed by atoms with Gasteiger partial charge in [-0.05, 0) is 0 Å². The van der Waals surface area contributed by atoms with Gasteiger partial charge in [-0.2, -0.15) is 0 Å². The summed E-state index contributed by atoms with van der Waals surface area (Å²) < 4.78 is 10.5. The largest absolute Gasteiger partial charge is 0.495 e. The minimum Gasteiger partial charge on any atom is -0.495 e. The monoisotopic (exact) mass is 288 g/mol. The number of rotatable bonds is 4. The first-order valence-corrected chi connectivity index (χ1v) is 6.44. The topological polar surface area (TPSA) is 56.5 Å². The van der Waals surface area contributed by atoms with Gasteiger partial charge in [-0.25, -0.2) is 0 Å². The lowest BCUT2D eigenvalue weighted by atomic mass is 10.2. The van der Waals surface area contributed by atoms with Gasteiger partial charge >= 0.3 is 0 Å². The first-order valence-electron chi connectivity index (χ1n) is 6.03. The third-order valence-electron chi connectivity index (χ3n) is 2.84. The van der Waals surface area contributed by atoms with E-state index in [9.17, 15) is 0 Å². The van der Waals surface area contributed by atoms with Gasteiger partial charge in [0.15, 0.2) is 0 Å². The summed E-state index contributed by atoms with van der Waals surface area (Å²) in [5.41, 5.74) is 8.01. The number of nitrogens with two attached hydrogens (primary N) is 1. The Labute approximate surface area is 123 Å². The molecule has 2 aromatic rings. The van der Waals surface area contributed by atoms with Gasteiger partial charge in [-0.15, -0.1) is 0 Å². The highest BCUT2D eigenvalue weighted by Crippen LogP contribution is 2.34. The van der Waals surface area contributed by atoms with Gasteiger partial charge in [0.25, 0.3) is 0 Å². The second-order valence-corrected chi connectivity index (χ2v) is 4.52. The van der Waals surface area contributed by atoms with Gasteiger partial charge in [-0.1, -0.05) is 42.5 Å². The molecule has 0 bridgehead atoms. The van der Waals surface area contributed by atoms with Crippen LogP contribution in [0.3, 0.4) is 0 Å². The lowest BCUT2D eigenvalue weighted by Crippen LogP contribution is -2.11. The Morgan fingerprint density at radius 3 is 2.30 bits per heavy atom. The summed E-state index contributed by atoms with van der Waals surface area (Å²) >= 11 is 5.38. The molecule has 2 aromatic carbocycles. The van der Waals surface area contributed by atoms with Crippen molar-refractivity contribution in [1.29, 1.82) is 0 Å². The van der Waals surface area contributed by atoms with Crippen LogP contribution in [-0.2, 0) is 0 Å². The molecule has 0 aliphatic heterocycles. The maximum atomic E-state index is 5.85. The van der Waals surface area contributed by atoms with E-state index in [4.69, 9.17) is 27.4 Å². The fourth-order valence-electron chi connectivity index (χ4n) is 1.80. The van der Waals surface area contributed by atoms with E-state index < -0.39 is 0 Å². The van der Waals surface area contributed by atoms with Crippen molar-refractivity contribution in [2.75, 3.05) is 25.3 Å². The van der Waals surface area contributed by atoms with Crippen LogP contribution in [-0.4, -0.2) is 19.2 Å². The molecule has 3 N–H and O–H groups in total. The Kier molecular flexibility index (Phi) is 4.42. The Morgan fingerprint density at radius 1 is 1.05 bits per heavy atom. The fraction of sp³-hybridized carbons (Fsp3) is 0.133. The summed E-state index contributed by atoms with van der Waals surface area (Å²) in [7, 11) is 3.15. The first kappa shape index (κ1) is 14.1. The average molecular weight is 288 g/mol. The molecule has 0 aliphatic rings. The zero-order valence-corrected chi connectivity index (χ0v) is 12.2. The predicted molar refractivity (Wildman–Crippen MR) is 85.7 cm³/mol. The second-order valence-electron chi connectivity index (χ2n) is 4.11. The molecular weight excluding hydrogens is 272 g/mol. The van der Waals surface area contributed by atoms with E-state index in [-0.39, 0.29) is 0 Å². The number of thiocarbonyl (C=S) groups is 1. The molecule has 0 radical (unpaired) electrons.